The lowest BCUT2D eigenvalue weighted by molar-refractivity contribution is 0.193. The predicted octanol–water partition coefficient (Wildman–Crippen LogP) is 5.08. The Morgan fingerprint density at radius 2 is 1.86 bits per heavy atom. The van der Waals surface area contributed by atoms with Crippen molar-refractivity contribution in [2.24, 2.45) is 0 Å². The summed E-state index contributed by atoms with van der Waals surface area (Å²) in [4.78, 5) is 4.32. The van der Waals surface area contributed by atoms with Crippen molar-refractivity contribution in [3.8, 4) is 11.4 Å². The van der Waals surface area contributed by atoms with Crippen LogP contribution in [0.15, 0.2) is 54.9 Å². The van der Waals surface area contributed by atoms with Gasteiger partial charge in [-0.3, -0.25) is 0 Å². The van der Waals surface area contributed by atoms with Crippen molar-refractivity contribution in [3.63, 3.8) is 0 Å². The molecule has 0 radical (unpaired) electrons. The van der Waals surface area contributed by atoms with Crippen LogP contribution in [0, 0.1) is 0 Å². The number of hydrogen-bond acceptors (Lipinski definition) is 5. The number of hydrogen-bond donors (Lipinski definition) is 1. The topological polar surface area (TPSA) is 61.2 Å². The summed E-state index contributed by atoms with van der Waals surface area (Å²) in [5.41, 5.74) is 3.05. The van der Waals surface area contributed by atoms with Crippen molar-refractivity contribution in [2.45, 2.75) is 38.0 Å². The molecule has 0 spiro atoms. The first-order valence-electron chi connectivity index (χ1n) is 10.3. The fourth-order valence-electron chi connectivity index (χ4n) is 3.31. The second-order valence-corrected chi connectivity index (χ2v) is 7.40. The van der Waals surface area contributed by atoms with Gasteiger partial charge in [0.15, 0.2) is 0 Å². The summed E-state index contributed by atoms with van der Waals surface area (Å²) in [6.45, 7) is 1.57. The molecule has 0 bridgehead atoms. The predicted molar refractivity (Wildman–Crippen MR) is 114 cm³/mol. The molecule has 1 aliphatic carbocycles. The minimum absolute atomic E-state index is 0.402. The molecular weight excluding hydrogens is 364 g/mol. The van der Waals surface area contributed by atoms with E-state index in [9.17, 15) is 0 Å². The van der Waals surface area contributed by atoms with Gasteiger partial charge in [-0.1, -0.05) is 49.9 Å². The molecule has 1 aromatic heterocycles. The van der Waals surface area contributed by atoms with Crippen molar-refractivity contribution in [2.75, 3.05) is 25.6 Å². The molecule has 2 fully saturated rings. The van der Waals surface area contributed by atoms with Crippen LogP contribution < -0.4 is 10.1 Å². The Kier molecular flexibility index (Phi) is 6.42. The quantitative estimate of drug-likeness (QED) is 0.656. The lowest BCUT2D eigenvalue weighted by Gasteiger charge is -2.14. The van der Waals surface area contributed by atoms with E-state index in [2.05, 4.69) is 21.5 Å². The summed E-state index contributed by atoms with van der Waals surface area (Å²) in [5, 5.41) is 7.70. The van der Waals surface area contributed by atoms with Crippen LogP contribution in [0.3, 0.4) is 0 Å². The van der Waals surface area contributed by atoms with Gasteiger partial charge in [0.05, 0.1) is 19.4 Å². The van der Waals surface area contributed by atoms with Crippen molar-refractivity contribution >= 4 is 11.6 Å². The maximum absolute atomic E-state index is 5.57. The van der Waals surface area contributed by atoms with E-state index in [1.165, 1.54) is 31.2 Å². The minimum atomic E-state index is 0.402. The summed E-state index contributed by atoms with van der Waals surface area (Å²) in [6, 6.07) is 16.0. The van der Waals surface area contributed by atoms with Crippen LogP contribution in [0.25, 0.3) is 5.69 Å². The highest BCUT2D eigenvalue weighted by Crippen LogP contribution is 2.34. The molecule has 5 rings (SSSR count). The first-order chi connectivity index (χ1) is 14.3. The van der Waals surface area contributed by atoms with Gasteiger partial charge >= 0.3 is 0 Å². The van der Waals surface area contributed by atoms with Crippen LogP contribution in [0.5, 0.6) is 5.75 Å². The summed E-state index contributed by atoms with van der Waals surface area (Å²) in [5.74, 6) is 1.81. The number of aromatic nitrogens is 3. The Morgan fingerprint density at radius 1 is 1.07 bits per heavy atom. The monoisotopic (exact) mass is 392 g/mol. The smallest absolute Gasteiger partial charge is 0.246 e. The highest BCUT2D eigenvalue weighted by Gasteiger charge is 2.21. The second kappa shape index (κ2) is 9.56. The zero-order valence-corrected chi connectivity index (χ0v) is 16.9. The third-order valence-electron chi connectivity index (χ3n) is 5.37. The Hall–Kier alpha value is -2.86. The van der Waals surface area contributed by atoms with E-state index >= 15 is 0 Å². The molecule has 6 nitrogen and oxygen atoms in total. The summed E-state index contributed by atoms with van der Waals surface area (Å²) < 4.78 is 12.8. The van der Waals surface area contributed by atoms with Crippen LogP contribution in [0.4, 0.5) is 11.6 Å². The van der Waals surface area contributed by atoms with Crippen molar-refractivity contribution in [1.29, 1.82) is 0 Å². The van der Waals surface area contributed by atoms with Crippen molar-refractivity contribution in [1.82, 2.24) is 14.8 Å². The zero-order valence-electron chi connectivity index (χ0n) is 16.9. The number of methoxy groups -OCH3 is 1. The lowest BCUT2D eigenvalue weighted by Crippen LogP contribution is -2.02. The molecular formula is C23H28N4O2. The van der Waals surface area contributed by atoms with Gasteiger partial charge in [-0.15, -0.1) is 5.10 Å². The van der Waals surface area contributed by atoms with E-state index in [1.807, 2.05) is 42.5 Å². The fraction of sp³-hybridized carbons (Fsp3) is 0.391. The Bertz CT molecular complexity index is 896. The number of anilines is 2. The van der Waals surface area contributed by atoms with Crippen LogP contribution >= 0.6 is 0 Å². The largest absolute Gasteiger partial charge is 0.496 e. The van der Waals surface area contributed by atoms with Gasteiger partial charge in [0.25, 0.3) is 0 Å². The molecule has 2 aromatic carbocycles. The first kappa shape index (κ1) is 19.5. The molecule has 2 aliphatic rings. The van der Waals surface area contributed by atoms with Gasteiger partial charge < -0.3 is 14.8 Å². The average Bonchev–Trinajstić information content (AvgIpc) is 3.39. The first-order valence-corrected chi connectivity index (χ1v) is 10.3. The number of rotatable bonds is 5. The van der Waals surface area contributed by atoms with E-state index in [0.717, 1.165) is 36.8 Å². The number of benzene rings is 2. The van der Waals surface area contributed by atoms with Gasteiger partial charge in [0.2, 0.25) is 5.95 Å². The van der Waals surface area contributed by atoms with E-state index in [-0.39, 0.29) is 0 Å². The lowest BCUT2D eigenvalue weighted by atomic mass is 9.97. The Morgan fingerprint density at radius 3 is 2.52 bits per heavy atom. The summed E-state index contributed by atoms with van der Waals surface area (Å²) >= 11 is 0. The number of nitrogens with one attached hydrogen (secondary N) is 1. The number of para-hydroxylation sites is 1. The fourth-order valence-corrected chi connectivity index (χ4v) is 3.31. The number of ether oxygens (including phenoxy) is 2. The molecule has 29 heavy (non-hydrogen) atoms. The molecule has 0 amide bonds. The molecule has 1 N–H and O–H groups in total. The zero-order chi connectivity index (χ0) is 19.9. The third kappa shape index (κ3) is 4.95. The summed E-state index contributed by atoms with van der Waals surface area (Å²) in [7, 11) is 1.70. The molecule has 1 aliphatic heterocycles. The van der Waals surface area contributed by atoms with Crippen LogP contribution in [-0.4, -0.2) is 35.1 Å². The standard InChI is InChI=1S/C19H20N4O2.C4H8/c1-24-18-11-15(7-8-17(18)14-9-10-25-12-14)21-19-20-13-23(22-19)16-5-3-2-4-6-16;1-2-4-3-1/h2-8,11,13-14H,9-10,12H2,1H3,(H,21,22);1-4H2. The second-order valence-electron chi connectivity index (χ2n) is 7.40. The van der Waals surface area contributed by atoms with Gasteiger partial charge in [-0.2, -0.15) is 4.98 Å². The molecule has 3 aromatic rings. The minimum Gasteiger partial charge on any atom is -0.496 e. The Labute approximate surface area is 171 Å². The highest BCUT2D eigenvalue weighted by atomic mass is 16.5. The summed E-state index contributed by atoms with van der Waals surface area (Å²) in [6.07, 6.45) is 8.73. The van der Waals surface area contributed by atoms with Gasteiger partial charge in [0.1, 0.15) is 12.1 Å². The normalized spacial score (nSPS) is 17.8. The molecule has 1 atom stereocenters. The third-order valence-corrected chi connectivity index (χ3v) is 5.37. The molecule has 1 saturated heterocycles. The SMILES string of the molecule is C1CCC1.COc1cc(Nc2ncn(-c3ccccc3)n2)ccc1C1CCOC1. The molecule has 1 unspecified atom stereocenters. The van der Waals surface area contributed by atoms with E-state index in [4.69, 9.17) is 9.47 Å². The van der Waals surface area contributed by atoms with E-state index in [0.29, 0.717) is 11.9 Å². The van der Waals surface area contributed by atoms with Crippen molar-refractivity contribution < 1.29 is 9.47 Å². The molecule has 152 valence electrons. The van der Waals surface area contributed by atoms with E-state index in [1.54, 1.807) is 18.1 Å². The van der Waals surface area contributed by atoms with Crippen LogP contribution in [0.1, 0.15) is 43.6 Å². The van der Waals surface area contributed by atoms with Gasteiger partial charge in [-0.05, 0) is 30.2 Å². The maximum Gasteiger partial charge on any atom is 0.246 e. The van der Waals surface area contributed by atoms with Gasteiger partial charge in [0, 0.05) is 24.3 Å². The van der Waals surface area contributed by atoms with Crippen LogP contribution in [-0.2, 0) is 4.74 Å². The Balaban J connectivity index is 0.000000458. The van der Waals surface area contributed by atoms with Gasteiger partial charge in [-0.25, -0.2) is 4.68 Å². The van der Waals surface area contributed by atoms with Crippen molar-refractivity contribution in [3.05, 3.63) is 60.4 Å². The van der Waals surface area contributed by atoms with Crippen LogP contribution in [0.2, 0.25) is 0 Å². The maximum atomic E-state index is 5.57. The van der Waals surface area contributed by atoms with E-state index < -0.39 is 0 Å². The highest BCUT2D eigenvalue weighted by molar-refractivity contribution is 5.58. The molecule has 6 heteroatoms. The molecule has 1 saturated carbocycles. The number of nitrogens with zero attached hydrogens (tertiary/aromatic N) is 3. The molecule has 2 heterocycles. The average molecular weight is 393 g/mol.